The lowest BCUT2D eigenvalue weighted by Gasteiger charge is -2.28. The Morgan fingerprint density at radius 3 is 2.37 bits per heavy atom. The van der Waals surface area contributed by atoms with Gasteiger partial charge in [-0.15, -0.1) is 0 Å². The first-order valence-corrected chi connectivity index (χ1v) is 11.5. The standard InChI is InChI=1S/C23H33BrFNO4/c1-22(2,3)29-20(27)18(12-15-7-8-19(25)17(11-15)13-24)16-9-10-26(14-16)21(28)30-23(4,5)6/h7-8,11,16,18H,9-10,12-14H2,1-6H3/t16-,18-/m0/s1. The number of rotatable bonds is 5. The number of likely N-dealkylation sites (tertiary alicyclic amines) is 1. The van der Waals surface area contributed by atoms with Crippen LogP contribution in [0, 0.1) is 17.7 Å². The lowest BCUT2D eigenvalue weighted by atomic mass is 9.85. The topological polar surface area (TPSA) is 55.8 Å². The van der Waals surface area contributed by atoms with E-state index in [0.717, 1.165) is 5.56 Å². The van der Waals surface area contributed by atoms with Crippen LogP contribution in [0.3, 0.4) is 0 Å². The van der Waals surface area contributed by atoms with E-state index in [-0.39, 0.29) is 23.8 Å². The summed E-state index contributed by atoms with van der Waals surface area (Å²) in [7, 11) is 0. The van der Waals surface area contributed by atoms with Gasteiger partial charge in [-0.25, -0.2) is 9.18 Å². The molecular formula is C23H33BrFNO4. The molecule has 0 aliphatic carbocycles. The van der Waals surface area contributed by atoms with Crippen molar-refractivity contribution in [1.29, 1.82) is 0 Å². The van der Waals surface area contributed by atoms with E-state index in [4.69, 9.17) is 9.47 Å². The molecule has 30 heavy (non-hydrogen) atoms. The molecule has 1 saturated heterocycles. The number of hydrogen-bond donors (Lipinski definition) is 0. The molecule has 2 rings (SSSR count). The van der Waals surface area contributed by atoms with Gasteiger partial charge in [0.1, 0.15) is 17.0 Å². The van der Waals surface area contributed by atoms with Crippen molar-refractivity contribution in [2.75, 3.05) is 13.1 Å². The van der Waals surface area contributed by atoms with Crippen molar-refractivity contribution in [1.82, 2.24) is 4.90 Å². The summed E-state index contributed by atoms with van der Waals surface area (Å²) in [6, 6.07) is 4.92. The number of nitrogens with zero attached hydrogens (tertiary/aromatic N) is 1. The molecule has 0 aromatic heterocycles. The van der Waals surface area contributed by atoms with Crippen molar-refractivity contribution in [2.45, 2.75) is 70.9 Å². The number of alkyl halides is 1. The Hall–Kier alpha value is -1.63. The molecule has 1 aromatic carbocycles. The molecule has 1 aliphatic rings. The van der Waals surface area contributed by atoms with Crippen molar-refractivity contribution >= 4 is 28.0 Å². The Bertz CT molecular complexity index is 769. The maximum absolute atomic E-state index is 13.9. The molecular weight excluding hydrogens is 453 g/mol. The number of ether oxygens (including phenoxy) is 2. The molecule has 0 N–H and O–H groups in total. The van der Waals surface area contributed by atoms with E-state index in [2.05, 4.69) is 15.9 Å². The normalized spacial score (nSPS) is 18.3. The third-order valence-electron chi connectivity index (χ3n) is 4.86. The molecule has 1 amide bonds. The highest BCUT2D eigenvalue weighted by atomic mass is 79.9. The maximum Gasteiger partial charge on any atom is 0.410 e. The lowest BCUT2D eigenvalue weighted by Crippen LogP contribution is -2.38. The molecule has 0 spiro atoms. The fraction of sp³-hybridized carbons (Fsp3) is 0.652. The van der Waals surface area contributed by atoms with Gasteiger partial charge in [-0.1, -0.05) is 28.1 Å². The lowest BCUT2D eigenvalue weighted by molar-refractivity contribution is -0.161. The van der Waals surface area contributed by atoms with Crippen LogP contribution < -0.4 is 0 Å². The van der Waals surface area contributed by atoms with E-state index in [1.54, 1.807) is 17.0 Å². The summed E-state index contributed by atoms with van der Waals surface area (Å²) in [5.41, 5.74) is 0.248. The van der Waals surface area contributed by atoms with Crippen LogP contribution in [0.15, 0.2) is 18.2 Å². The van der Waals surface area contributed by atoms with Gasteiger partial charge in [-0.3, -0.25) is 4.79 Å². The van der Waals surface area contributed by atoms with Gasteiger partial charge >= 0.3 is 12.1 Å². The predicted octanol–water partition coefficient (Wildman–Crippen LogP) is 5.48. The second kappa shape index (κ2) is 9.67. The second-order valence-corrected chi connectivity index (χ2v) is 10.4. The summed E-state index contributed by atoms with van der Waals surface area (Å²) in [5, 5.41) is 0.402. The average molecular weight is 486 g/mol. The van der Waals surface area contributed by atoms with Crippen LogP contribution in [0.2, 0.25) is 0 Å². The minimum absolute atomic E-state index is 0.0511. The van der Waals surface area contributed by atoms with Gasteiger partial charge < -0.3 is 14.4 Å². The molecule has 1 heterocycles. The molecule has 1 fully saturated rings. The van der Waals surface area contributed by atoms with Crippen molar-refractivity contribution < 1.29 is 23.5 Å². The van der Waals surface area contributed by atoms with Gasteiger partial charge in [0.15, 0.2) is 0 Å². The summed E-state index contributed by atoms with van der Waals surface area (Å²) in [6.07, 6.45) is 0.758. The minimum Gasteiger partial charge on any atom is -0.460 e. The van der Waals surface area contributed by atoms with Gasteiger partial charge in [-0.05, 0) is 77.5 Å². The highest BCUT2D eigenvalue weighted by Crippen LogP contribution is 2.31. The fourth-order valence-corrected chi connectivity index (χ4v) is 3.97. The van der Waals surface area contributed by atoms with Crippen molar-refractivity contribution in [2.24, 2.45) is 11.8 Å². The molecule has 2 atom stereocenters. The molecule has 0 saturated carbocycles. The minimum atomic E-state index is -0.609. The smallest absolute Gasteiger partial charge is 0.410 e. The highest BCUT2D eigenvalue weighted by Gasteiger charge is 2.39. The number of amides is 1. The van der Waals surface area contributed by atoms with E-state index in [1.165, 1.54) is 6.07 Å². The monoisotopic (exact) mass is 485 g/mol. The van der Waals surface area contributed by atoms with E-state index in [9.17, 15) is 14.0 Å². The Morgan fingerprint density at radius 1 is 1.17 bits per heavy atom. The third-order valence-corrected chi connectivity index (χ3v) is 5.47. The molecule has 7 heteroatoms. The predicted molar refractivity (Wildman–Crippen MR) is 118 cm³/mol. The van der Waals surface area contributed by atoms with Gasteiger partial charge in [-0.2, -0.15) is 0 Å². The molecule has 1 aliphatic heterocycles. The zero-order valence-corrected chi connectivity index (χ0v) is 20.3. The van der Waals surface area contributed by atoms with Crippen LogP contribution in [0.1, 0.15) is 59.1 Å². The van der Waals surface area contributed by atoms with Crippen LogP contribution in [0.5, 0.6) is 0 Å². The van der Waals surface area contributed by atoms with Gasteiger partial charge in [0, 0.05) is 18.4 Å². The number of carbonyl (C=O) groups excluding carboxylic acids is 2. The van der Waals surface area contributed by atoms with Crippen molar-refractivity contribution in [3.63, 3.8) is 0 Å². The zero-order chi connectivity index (χ0) is 22.7. The number of hydrogen-bond acceptors (Lipinski definition) is 4. The quantitative estimate of drug-likeness (QED) is 0.409. The van der Waals surface area contributed by atoms with E-state index in [1.807, 2.05) is 41.5 Å². The largest absolute Gasteiger partial charge is 0.460 e. The Labute approximate surface area is 187 Å². The SMILES string of the molecule is CC(C)(C)OC(=O)[C@@H](Cc1ccc(F)c(CBr)c1)[C@H]1CCN(C(=O)OC(C)(C)C)C1. The Kier molecular flexibility index (Phi) is 7.94. The molecule has 5 nitrogen and oxygen atoms in total. The van der Waals surface area contributed by atoms with Crippen molar-refractivity contribution in [3.05, 3.63) is 35.1 Å². The number of benzene rings is 1. The molecule has 0 radical (unpaired) electrons. The summed E-state index contributed by atoms with van der Waals surface area (Å²) < 4.78 is 25.0. The molecule has 1 aromatic rings. The van der Waals surface area contributed by atoms with E-state index >= 15 is 0 Å². The molecule has 0 bridgehead atoms. The van der Waals surface area contributed by atoms with Crippen LogP contribution in [-0.2, 0) is 26.0 Å². The van der Waals surface area contributed by atoms with Gasteiger partial charge in [0.25, 0.3) is 0 Å². The zero-order valence-electron chi connectivity index (χ0n) is 18.8. The van der Waals surface area contributed by atoms with E-state index < -0.39 is 17.1 Å². The Morgan fingerprint density at radius 2 is 1.80 bits per heavy atom. The number of esters is 1. The first-order chi connectivity index (χ1) is 13.8. The summed E-state index contributed by atoms with van der Waals surface area (Å²) >= 11 is 3.30. The summed E-state index contributed by atoms with van der Waals surface area (Å²) in [6.45, 7) is 12.0. The first kappa shape index (κ1) is 24.6. The summed E-state index contributed by atoms with van der Waals surface area (Å²) in [4.78, 5) is 27.1. The van der Waals surface area contributed by atoms with Gasteiger partial charge in [0.2, 0.25) is 0 Å². The van der Waals surface area contributed by atoms with Crippen LogP contribution in [0.4, 0.5) is 9.18 Å². The van der Waals surface area contributed by atoms with Crippen molar-refractivity contribution in [3.8, 4) is 0 Å². The number of halogens is 2. The second-order valence-electron chi connectivity index (χ2n) is 9.88. The summed E-state index contributed by atoms with van der Waals surface area (Å²) in [5.74, 6) is -1.04. The number of carbonyl (C=O) groups is 2. The maximum atomic E-state index is 13.9. The molecule has 0 unspecified atom stereocenters. The molecule has 168 valence electrons. The Balaban J connectivity index is 2.20. The van der Waals surface area contributed by atoms with E-state index in [0.29, 0.717) is 36.8 Å². The highest BCUT2D eigenvalue weighted by molar-refractivity contribution is 9.08. The average Bonchev–Trinajstić information content (AvgIpc) is 3.07. The fourth-order valence-electron chi connectivity index (χ4n) is 3.54. The third kappa shape index (κ3) is 7.25. The first-order valence-electron chi connectivity index (χ1n) is 10.3. The van der Waals surface area contributed by atoms with Gasteiger partial charge in [0.05, 0.1) is 5.92 Å². The van der Waals surface area contributed by atoms with Crippen LogP contribution >= 0.6 is 15.9 Å². The van der Waals surface area contributed by atoms with Crippen LogP contribution in [0.25, 0.3) is 0 Å². The van der Waals surface area contributed by atoms with Crippen LogP contribution in [-0.4, -0.2) is 41.3 Å².